The van der Waals surface area contributed by atoms with E-state index in [9.17, 15) is 4.79 Å². The van der Waals surface area contributed by atoms with E-state index in [-0.39, 0.29) is 11.9 Å². The van der Waals surface area contributed by atoms with Crippen LogP contribution in [0.25, 0.3) is 10.9 Å². The average molecular weight is 366 g/mol. The maximum Gasteiger partial charge on any atom is 0.333 e. The van der Waals surface area contributed by atoms with Gasteiger partial charge in [-0.25, -0.2) is 4.79 Å². The first-order valence-corrected chi connectivity index (χ1v) is 9.48. The zero-order chi connectivity index (χ0) is 19.0. The van der Waals surface area contributed by atoms with Crippen molar-refractivity contribution in [3.63, 3.8) is 0 Å². The Kier molecular flexibility index (Phi) is 4.79. The molecular formula is C22H26N2O3. The van der Waals surface area contributed by atoms with Gasteiger partial charge in [0, 0.05) is 35.6 Å². The summed E-state index contributed by atoms with van der Waals surface area (Å²) in [4.78, 5) is 18.0. The number of allylic oxidation sites excluding steroid dienone is 2. The molecule has 142 valence electrons. The van der Waals surface area contributed by atoms with Gasteiger partial charge in [0.2, 0.25) is 0 Å². The number of aromatic nitrogens is 1. The molecule has 0 amide bonds. The zero-order valence-electron chi connectivity index (χ0n) is 16.1. The van der Waals surface area contributed by atoms with E-state index in [4.69, 9.17) is 9.47 Å². The minimum absolute atomic E-state index is 0.0812. The molecule has 5 nitrogen and oxygen atoms in total. The van der Waals surface area contributed by atoms with Crippen LogP contribution in [0.2, 0.25) is 0 Å². The van der Waals surface area contributed by atoms with Crippen LogP contribution in [0.4, 0.5) is 0 Å². The van der Waals surface area contributed by atoms with E-state index < -0.39 is 0 Å². The molecule has 2 aromatic rings. The minimum Gasteiger partial charge on any atom is -0.500 e. The highest BCUT2D eigenvalue weighted by atomic mass is 16.5. The number of carbonyl (C=O) groups is 1. The zero-order valence-corrected chi connectivity index (χ0v) is 16.1. The van der Waals surface area contributed by atoms with E-state index >= 15 is 0 Å². The van der Waals surface area contributed by atoms with Crippen LogP contribution in [0.3, 0.4) is 0 Å². The monoisotopic (exact) mass is 366 g/mol. The highest BCUT2D eigenvalue weighted by molar-refractivity contribution is 5.85. The molecule has 1 saturated heterocycles. The van der Waals surface area contributed by atoms with Crippen molar-refractivity contribution in [1.29, 1.82) is 0 Å². The molecule has 3 heterocycles. The average Bonchev–Trinajstić information content (AvgIpc) is 3.09. The van der Waals surface area contributed by atoms with Crippen molar-refractivity contribution in [2.45, 2.75) is 25.8 Å². The Morgan fingerprint density at radius 1 is 1.26 bits per heavy atom. The second kappa shape index (κ2) is 7.24. The molecule has 4 rings (SSSR count). The minimum atomic E-state index is -0.375. The Hall–Kier alpha value is -2.53. The van der Waals surface area contributed by atoms with Crippen LogP contribution in [0, 0.1) is 5.92 Å². The SMILES string of the molecule is C/C=C1/CN2CCc3c([nH]c4ccccc34)[C@@H]2CC1/C(=C\C(=O)OC)OC. The van der Waals surface area contributed by atoms with Crippen LogP contribution in [-0.2, 0) is 20.7 Å². The van der Waals surface area contributed by atoms with Gasteiger partial charge in [0.25, 0.3) is 0 Å². The largest absolute Gasteiger partial charge is 0.500 e. The first-order chi connectivity index (χ1) is 13.2. The number of carbonyl (C=O) groups excluding carboxylic acids is 1. The fraction of sp³-hybridized carbons (Fsp3) is 0.409. The van der Waals surface area contributed by atoms with Gasteiger partial charge in [0.05, 0.1) is 26.3 Å². The standard InChI is InChI=1S/C22H26N2O3/c1-4-14-13-24-10-9-16-15-7-5-6-8-18(15)23-22(16)19(24)11-17(14)20(26-2)12-21(25)27-3/h4-8,12,17,19,23H,9-11,13H2,1-3H3/b14-4-,20-12+/t17?,19-/m0/s1. The lowest BCUT2D eigenvalue weighted by atomic mass is 9.80. The summed E-state index contributed by atoms with van der Waals surface area (Å²) in [5.41, 5.74) is 5.25. The normalized spacial score (nSPS) is 24.6. The number of nitrogens with one attached hydrogen (secondary N) is 1. The molecule has 0 radical (unpaired) electrons. The number of rotatable bonds is 3. The Balaban J connectivity index is 1.73. The number of esters is 1. The number of fused-ring (bicyclic) bond motifs is 5. The maximum absolute atomic E-state index is 11.8. The molecule has 0 bridgehead atoms. The third kappa shape index (κ3) is 3.06. The quantitative estimate of drug-likeness (QED) is 0.389. The molecule has 2 aliphatic rings. The number of hydrogen-bond acceptors (Lipinski definition) is 4. The molecule has 1 aromatic carbocycles. The lowest BCUT2D eigenvalue weighted by Crippen LogP contribution is -2.43. The topological polar surface area (TPSA) is 54.6 Å². The Bertz CT molecular complexity index is 925. The second-order valence-corrected chi connectivity index (χ2v) is 7.22. The number of ether oxygens (including phenoxy) is 2. The molecule has 5 heteroatoms. The Morgan fingerprint density at radius 2 is 2.07 bits per heavy atom. The van der Waals surface area contributed by atoms with Crippen molar-refractivity contribution in [2.24, 2.45) is 5.92 Å². The third-order valence-electron chi connectivity index (χ3n) is 5.97. The molecule has 2 atom stereocenters. The molecule has 0 aliphatic carbocycles. The van der Waals surface area contributed by atoms with E-state index in [1.807, 2.05) is 0 Å². The van der Waals surface area contributed by atoms with E-state index in [1.54, 1.807) is 7.11 Å². The van der Waals surface area contributed by atoms with Gasteiger partial charge in [-0.05, 0) is 37.0 Å². The number of aromatic amines is 1. The highest BCUT2D eigenvalue weighted by Crippen LogP contribution is 2.44. The first-order valence-electron chi connectivity index (χ1n) is 9.48. The number of nitrogens with zero attached hydrogens (tertiary/aromatic N) is 1. The highest BCUT2D eigenvalue weighted by Gasteiger charge is 2.39. The van der Waals surface area contributed by atoms with Crippen molar-refractivity contribution in [1.82, 2.24) is 9.88 Å². The lowest BCUT2D eigenvalue weighted by Gasteiger charge is -2.44. The molecule has 1 unspecified atom stereocenters. The summed E-state index contributed by atoms with van der Waals surface area (Å²) in [5, 5.41) is 1.33. The van der Waals surface area contributed by atoms with Crippen LogP contribution in [-0.4, -0.2) is 43.2 Å². The van der Waals surface area contributed by atoms with Crippen LogP contribution < -0.4 is 0 Å². The van der Waals surface area contributed by atoms with E-state index in [2.05, 4.69) is 47.1 Å². The van der Waals surface area contributed by atoms with Crippen LogP contribution >= 0.6 is 0 Å². The van der Waals surface area contributed by atoms with Crippen molar-refractivity contribution < 1.29 is 14.3 Å². The van der Waals surface area contributed by atoms with Gasteiger partial charge >= 0.3 is 5.97 Å². The Labute approximate surface area is 159 Å². The van der Waals surface area contributed by atoms with Crippen LogP contribution in [0.1, 0.15) is 30.6 Å². The summed E-state index contributed by atoms with van der Waals surface area (Å²) in [6, 6.07) is 8.83. The fourth-order valence-corrected chi connectivity index (χ4v) is 4.61. The number of hydrogen-bond donors (Lipinski definition) is 1. The van der Waals surface area contributed by atoms with Gasteiger partial charge in [-0.15, -0.1) is 0 Å². The lowest BCUT2D eigenvalue weighted by molar-refractivity contribution is -0.135. The van der Waals surface area contributed by atoms with E-state index in [0.29, 0.717) is 11.8 Å². The molecular weight excluding hydrogens is 340 g/mol. The fourth-order valence-electron chi connectivity index (χ4n) is 4.61. The van der Waals surface area contributed by atoms with Gasteiger partial charge in [-0.1, -0.05) is 24.3 Å². The van der Waals surface area contributed by atoms with Gasteiger partial charge in [0.1, 0.15) is 5.76 Å². The summed E-state index contributed by atoms with van der Waals surface area (Å²) in [6.45, 7) is 4.00. The van der Waals surface area contributed by atoms with E-state index in [0.717, 1.165) is 25.9 Å². The van der Waals surface area contributed by atoms with Gasteiger partial charge in [0.15, 0.2) is 0 Å². The first kappa shape index (κ1) is 17.9. The third-order valence-corrected chi connectivity index (χ3v) is 5.97. The van der Waals surface area contributed by atoms with Gasteiger partial charge in [-0.2, -0.15) is 0 Å². The molecule has 1 aromatic heterocycles. The summed E-state index contributed by atoms with van der Waals surface area (Å²) < 4.78 is 10.4. The van der Waals surface area contributed by atoms with Crippen molar-refractivity contribution in [2.75, 3.05) is 27.3 Å². The van der Waals surface area contributed by atoms with Crippen molar-refractivity contribution in [3.8, 4) is 0 Å². The van der Waals surface area contributed by atoms with Crippen LogP contribution in [0.15, 0.2) is 47.7 Å². The number of methoxy groups -OCH3 is 2. The predicted molar refractivity (Wildman–Crippen MR) is 105 cm³/mol. The summed E-state index contributed by atoms with van der Waals surface area (Å²) in [5.74, 6) is 0.384. The molecule has 1 fully saturated rings. The molecule has 1 N–H and O–H groups in total. The number of para-hydroxylation sites is 1. The number of H-pyrrole nitrogens is 1. The molecule has 27 heavy (non-hydrogen) atoms. The van der Waals surface area contributed by atoms with Crippen molar-refractivity contribution >= 4 is 16.9 Å². The summed E-state index contributed by atoms with van der Waals surface area (Å²) in [6.07, 6.45) is 5.59. The predicted octanol–water partition coefficient (Wildman–Crippen LogP) is 3.74. The second-order valence-electron chi connectivity index (χ2n) is 7.22. The molecule has 0 spiro atoms. The summed E-state index contributed by atoms with van der Waals surface area (Å²) >= 11 is 0. The van der Waals surface area contributed by atoms with E-state index in [1.165, 1.54) is 40.9 Å². The van der Waals surface area contributed by atoms with Gasteiger partial charge < -0.3 is 14.5 Å². The molecule has 0 saturated carbocycles. The summed E-state index contributed by atoms with van der Waals surface area (Å²) in [7, 11) is 3.02. The van der Waals surface area contributed by atoms with Crippen molar-refractivity contribution in [3.05, 3.63) is 59.0 Å². The molecule has 2 aliphatic heterocycles. The number of piperidine rings is 1. The van der Waals surface area contributed by atoms with Gasteiger partial charge in [-0.3, -0.25) is 4.90 Å². The van der Waals surface area contributed by atoms with Crippen LogP contribution in [0.5, 0.6) is 0 Å². The maximum atomic E-state index is 11.8. The smallest absolute Gasteiger partial charge is 0.333 e. The number of benzene rings is 1. The Morgan fingerprint density at radius 3 is 2.81 bits per heavy atom.